The van der Waals surface area contributed by atoms with Crippen molar-refractivity contribution in [3.63, 3.8) is 0 Å². The van der Waals surface area contributed by atoms with Crippen LogP contribution < -0.4 is 0 Å². The number of aliphatic carboxylic acids is 1. The van der Waals surface area contributed by atoms with Gasteiger partial charge in [-0.3, -0.25) is 0 Å². The molecule has 0 fully saturated rings. The Morgan fingerprint density at radius 1 is 1.50 bits per heavy atom. The number of allylic oxidation sites excluding steroid dienone is 1. The van der Waals surface area contributed by atoms with Gasteiger partial charge >= 0.3 is 11.9 Å². The predicted octanol–water partition coefficient (Wildman–Crippen LogP) is 3.25. The molecule has 1 aliphatic carbocycles. The molecule has 2 atom stereocenters. The maximum absolute atomic E-state index is 13.6. The van der Waals surface area contributed by atoms with Crippen molar-refractivity contribution >= 4 is 5.97 Å². The van der Waals surface area contributed by atoms with Crippen LogP contribution in [0.2, 0.25) is 0 Å². The fourth-order valence-electron chi connectivity index (χ4n) is 1.98. The minimum absolute atomic E-state index is 0.0412. The SMILES string of the molecule is CC(C)CC(OC1CC=CCC1)C(F)(F)C(=O)O. The van der Waals surface area contributed by atoms with Gasteiger partial charge < -0.3 is 9.84 Å². The predicted molar refractivity (Wildman–Crippen MR) is 63.7 cm³/mol. The second-order valence-electron chi connectivity index (χ2n) is 5.09. The van der Waals surface area contributed by atoms with E-state index in [1.54, 1.807) is 13.8 Å². The van der Waals surface area contributed by atoms with Crippen LogP contribution in [0.25, 0.3) is 0 Å². The number of hydrogen-bond donors (Lipinski definition) is 1. The Kier molecular flexibility index (Phi) is 5.26. The third-order valence-corrected chi connectivity index (χ3v) is 2.95. The zero-order valence-corrected chi connectivity index (χ0v) is 10.7. The van der Waals surface area contributed by atoms with Crippen molar-refractivity contribution in [2.75, 3.05) is 0 Å². The Labute approximate surface area is 106 Å². The van der Waals surface area contributed by atoms with E-state index in [-0.39, 0.29) is 18.4 Å². The lowest BCUT2D eigenvalue weighted by Crippen LogP contribution is -2.45. The molecule has 1 N–H and O–H groups in total. The van der Waals surface area contributed by atoms with Crippen LogP contribution in [0.5, 0.6) is 0 Å². The highest BCUT2D eigenvalue weighted by Crippen LogP contribution is 2.30. The fourth-order valence-corrected chi connectivity index (χ4v) is 1.98. The van der Waals surface area contributed by atoms with Crippen molar-refractivity contribution in [2.24, 2.45) is 5.92 Å². The van der Waals surface area contributed by atoms with Crippen LogP contribution in [0.15, 0.2) is 12.2 Å². The monoisotopic (exact) mass is 262 g/mol. The molecule has 0 aromatic rings. The van der Waals surface area contributed by atoms with Crippen molar-refractivity contribution in [3.05, 3.63) is 12.2 Å². The molecule has 1 rings (SSSR count). The number of carboxylic acid groups (broad SMARTS) is 1. The van der Waals surface area contributed by atoms with E-state index in [1.807, 2.05) is 12.2 Å². The summed E-state index contributed by atoms with van der Waals surface area (Å²) in [7, 11) is 0. The maximum Gasteiger partial charge on any atom is 0.377 e. The molecule has 0 amide bonds. The van der Waals surface area contributed by atoms with Gasteiger partial charge in [-0.2, -0.15) is 8.78 Å². The summed E-state index contributed by atoms with van der Waals surface area (Å²) in [5.74, 6) is -5.98. The Hall–Kier alpha value is -0.970. The second-order valence-corrected chi connectivity index (χ2v) is 5.09. The first-order valence-corrected chi connectivity index (χ1v) is 6.25. The van der Waals surface area contributed by atoms with E-state index in [0.717, 1.165) is 6.42 Å². The molecule has 0 aromatic carbocycles. The summed E-state index contributed by atoms with van der Waals surface area (Å²) in [6, 6.07) is 0. The molecule has 1 aliphatic rings. The molecular weight excluding hydrogens is 242 g/mol. The lowest BCUT2D eigenvalue weighted by molar-refractivity contribution is -0.198. The van der Waals surface area contributed by atoms with Gasteiger partial charge in [0.05, 0.1) is 6.10 Å². The first-order chi connectivity index (χ1) is 8.34. The highest BCUT2D eigenvalue weighted by atomic mass is 19.3. The fraction of sp³-hybridized carbons (Fsp3) is 0.769. The molecule has 0 saturated heterocycles. The summed E-state index contributed by atoms with van der Waals surface area (Å²) >= 11 is 0. The van der Waals surface area contributed by atoms with Crippen molar-refractivity contribution in [1.82, 2.24) is 0 Å². The molecule has 18 heavy (non-hydrogen) atoms. The van der Waals surface area contributed by atoms with Crippen LogP contribution in [0, 0.1) is 5.92 Å². The first kappa shape index (κ1) is 15.1. The van der Waals surface area contributed by atoms with E-state index in [2.05, 4.69) is 0 Å². The summed E-state index contributed by atoms with van der Waals surface area (Å²) < 4.78 is 32.5. The van der Waals surface area contributed by atoms with Crippen molar-refractivity contribution in [3.8, 4) is 0 Å². The van der Waals surface area contributed by atoms with E-state index < -0.39 is 18.0 Å². The smallest absolute Gasteiger partial charge is 0.377 e. The highest BCUT2D eigenvalue weighted by Gasteiger charge is 2.49. The van der Waals surface area contributed by atoms with Crippen LogP contribution in [-0.4, -0.2) is 29.2 Å². The molecule has 0 heterocycles. The number of carbonyl (C=O) groups is 1. The standard InChI is InChI=1S/C13H20F2O3/c1-9(2)8-11(13(14,15)12(16)17)18-10-6-4-3-5-7-10/h3-4,9-11H,5-8H2,1-2H3,(H,16,17). The highest BCUT2D eigenvalue weighted by molar-refractivity contribution is 5.76. The molecular formula is C13H20F2O3. The van der Waals surface area contributed by atoms with Gasteiger partial charge in [-0.25, -0.2) is 4.79 Å². The summed E-state index contributed by atoms with van der Waals surface area (Å²) in [6.07, 6.45) is 4.09. The van der Waals surface area contributed by atoms with Gasteiger partial charge in [-0.1, -0.05) is 26.0 Å². The Morgan fingerprint density at radius 3 is 2.61 bits per heavy atom. The molecule has 104 valence electrons. The third-order valence-electron chi connectivity index (χ3n) is 2.95. The first-order valence-electron chi connectivity index (χ1n) is 6.25. The zero-order chi connectivity index (χ0) is 13.8. The zero-order valence-electron chi connectivity index (χ0n) is 10.7. The molecule has 0 spiro atoms. The number of halogens is 2. The largest absolute Gasteiger partial charge is 0.477 e. The number of rotatable bonds is 6. The molecule has 0 aliphatic heterocycles. The van der Waals surface area contributed by atoms with Crippen molar-refractivity contribution in [1.29, 1.82) is 0 Å². The minimum atomic E-state index is -3.83. The molecule has 0 radical (unpaired) electrons. The van der Waals surface area contributed by atoms with Crippen LogP contribution in [0.1, 0.15) is 39.5 Å². The van der Waals surface area contributed by atoms with Crippen LogP contribution in [0.3, 0.4) is 0 Å². The quantitative estimate of drug-likeness (QED) is 0.747. The van der Waals surface area contributed by atoms with Gasteiger partial charge in [0.1, 0.15) is 6.10 Å². The Bertz CT molecular complexity index is 313. The van der Waals surface area contributed by atoms with Gasteiger partial charge in [-0.05, 0) is 31.6 Å². The molecule has 2 unspecified atom stereocenters. The van der Waals surface area contributed by atoms with Gasteiger partial charge in [0, 0.05) is 0 Å². The van der Waals surface area contributed by atoms with Crippen molar-refractivity contribution < 1.29 is 23.4 Å². The van der Waals surface area contributed by atoms with E-state index in [4.69, 9.17) is 9.84 Å². The average Bonchev–Trinajstić information content (AvgIpc) is 2.28. The van der Waals surface area contributed by atoms with Crippen LogP contribution >= 0.6 is 0 Å². The van der Waals surface area contributed by atoms with E-state index in [0.29, 0.717) is 12.8 Å². The summed E-state index contributed by atoms with van der Waals surface area (Å²) in [6.45, 7) is 3.55. The number of hydrogen-bond acceptors (Lipinski definition) is 2. The molecule has 0 bridgehead atoms. The van der Waals surface area contributed by atoms with Gasteiger partial charge in [0.2, 0.25) is 0 Å². The Balaban J connectivity index is 2.71. The van der Waals surface area contributed by atoms with Crippen LogP contribution in [-0.2, 0) is 9.53 Å². The molecule has 5 heteroatoms. The lowest BCUT2D eigenvalue weighted by atomic mass is 9.99. The van der Waals surface area contributed by atoms with Gasteiger partial charge in [0.25, 0.3) is 0 Å². The lowest BCUT2D eigenvalue weighted by Gasteiger charge is -2.30. The maximum atomic E-state index is 13.6. The molecule has 0 aromatic heterocycles. The summed E-state index contributed by atoms with van der Waals surface area (Å²) in [4.78, 5) is 10.6. The summed E-state index contributed by atoms with van der Waals surface area (Å²) in [5, 5.41) is 8.61. The number of carboxylic acids is 1. The molecule has 0 saturated carbocycles. The van der Waals surface area contributed by atoms with Crippen LogP contribution in [0.4, 0.5) is 8.78 Å². The average molecular weight is 262 g/mol. The normalized spacial score (nSPS) is 22.2. The third kappa shape index (κ3) is 4.05. The molecule has 3 nitrogen and oxygen atoms in total. The van der Waals surface area contributed by atoms with E-state index in [1.165, 1.54) is 0 Å². The number of alkyl halides is 2. The minimum Gasteiger partial charge on any atom is -0.477 e. The second kappa shape index (κ2) is 6.27. The van der Waals surface area contributed by atoms with Gasteiger partial charge in [-0.15, -0.1) is 0 Å². The van der Waals surface area contributed by atoms with E-state index in [9.17, 15) is 13.6 Å². The topological polar surface area (TPSA) is 46.5 Å². The van der Waals surface area contributed by atoms with Gasteiger partial charge in [0.15, 0.2) is 0 Å². The van der Waals surface area contributed by atoms with Crippen molar-refractivity contribution in [2.45, 2.75) is 57.7 Å². The summed E-state index contributed by atoms with van der Waals surface area (Å²) in [5.41, 5.74) is 0. The van der Waals surface area contributed by atoms with E-state index >= 15 is 0 Å². The number of ether oxygens (including phenoxy) is 1. The Morgan fingerprint density at radius 2 is 2.17 bits per heavy atom.